The van der Waals surface area contributed by atoms with Gasteiger partial charge in [0, 0.05) is 6.20 Å². The standard InChI is InChI=1S/C11H9N3O2/c15-7-12-5-8-2-1-3-9(4-8)10-6-13-11(16)14-10/h1-4,6H,5H2,(H2,13,14,16). The van der Waals surface area contributed by atoms with Gasteiger partial charge in [0.15, 0.2) is 0 Å². The average molecular weight is 215 g/mol. The third-order valence-electron chi connectivity index (χ3n) is 2.16. The van der Waals surface area contributed by atoms with Gasteiger partial charge in [0.1, 0.15) is 0 Å². The van der Waals surface area contributed by atoms with Gasteiger partial charge in [-0.2, -0.15) is 0 Å². The highest BCUT2D eigenvalue weighted by Crippen LogP contribution is 2.16. The van der Waals surface area contributed by atoms with E-state index in [2.05, 4.69) is 15.0 Å². The van der Waals surface area contributed by atoms with Crippen LogP contribution in [-0.4, -0.2) is 16.0 Å². The van der Waals surface area contributed by atoms with E-state index in [1.165, 1.54) is 6.08 Å². The molecule has 2 aromatic rings. The topological polar surface area (TPSA) is 78.1 Å². The number of nitrogens with zero attached hydrogens (tertiary/aromatic N) is 1. The van der Waals surface area contributed by atoms with E-state index in [0.29, 0.717) is 12.2 Å². The molecule has 0 aliphatic heterocycles. The lowest BCUT2D eigenvalue weighted by molar-refractivity contribution is 0.563. The summed E-state index contributed by atoms with van der Waals surface area (Å²) in [5.74, 6) is 0. The normalized spacial score (nSPS) is 9.75. The Labute approximate surface area is 90.9 Å². The fourth-order valence-corrected chi connectivity index (χ4v) is 1.45. The fraction of sp³-hybridized carbons (Fsp3) is 0.0909. The van der Waals surface area contributed by atoms with E-state index in [0.717, 1.165) is 11.1 Å². The molecule has 0 saturated carbocycles. The highest BCUT2D eigenvalue weighted by molar-refractivity contribution is 5.59. The van der Waals surface area contributed by atoms with Crippen LogP contribution in [0.1, 0.15) is 5.56 Å². The fourth-order valence-electron chi connectivity index (χ4n) is 1.45. The van der Waals surface area contributed by atoms with Crippen LogP contribution in [0.3, 0.4) is 0 Å². The van der Waals surface area contributed by atoms with Crippen molar-refractivity contribution < 1.29 is 4.79 Å². The van der Waals surface area contributed by atoms with Gasteiger partial charge in [0.05, 0.1) is 12.2 Å². The molecule has 0 atom stereocenters. The molecule has 5 heteroatoms. The van der Waals surface area contributed by atoms with Crippen molar-refractivity contribution in [2.45, 2.75) is 6.54 Å². The second-order valence-electron chi connectivity index (χ2n) is 3.26. The molecule has 16 heavy (non-hydrogen) atoms. The number of hydrogen-bond donors (Lipinski definition) is 2. The van der Waals surface area contributed by atoms with Crippen LogP contribution in [0.4, 0.5) is 0 Å². The summed E-state index contributed by atoms with van der Waals surface area (Å²) in [5, 5.41) is 0. The molecule has 2 rings (SSSR count). The van der Waals surface area contributed by atoms with Crippen molar-refractivity contribution in [3.63, 3.8) is 0 Å². The number of isocyanates is 1. The van der Waals surface area contributed by atoms with E-state index < -0.39 is 0 Å². The third kappa shape index (κ3) is 2.16. The van der Waals surface area contributed by atoms with Crippen LogP contribution >= 0.6 is 0 Å². The molecule has 0 aliphatic rings. The van der Waals surface area contributed by atoms with Crippen LogP contribution in [0.25, 0.3) is 11.3 Å². The number of H-pyrrole nitrogens is 2. The molecule has 0 saturated heterocycles. The lowest BCUT2D eigenvalue weighted by Gasteiger charge is -1.99. The molecule has 0 fully saturated rings. The van der Waals surface area contributed by atoms with Gasteiger partial charge in [-0.25, -0.2) is 14.6 Å². The van der Waals surface area contributed by atoms with Crippen molar-refractivity contribution in [3.05, 3.63) is 46.5 Å². The zero-order valence-electron chi connectivity index (χ0n) is 8.36. The zero-order valence-corrected chi connectivity index (χ0v) is 8.36. The number of aromatic amines is 2. The van der Waals surface area contributed by atoms with E-state index in [9.17, 15) is 9.59 Å². The molecule has 5 nitrogen and oxygen atoms in total. The Bertz CT molecular complexity index is 591. The molecule has 1 aromatic carbocycles. The van der Waals surface area contributed by atoms with Crippen molar-refractivity contribution in [2.24, 2.45) is 4.99 Å². The average Bonchev–Trinajstić information content (AvgIpc) is 2.74. The molecule has 1 heterocycles. The summed E-state index contributed by atoms with van der Waals surface area (Å²) in [6.07, 6.45) is 3.09. The maximum Gasteiger partial charge on any atom is 0.323 e. The van der Waals surface area contributed by atoms with Gasteiger partial charge >= 0.3 is 5.69 Å². The predicted octanol–water partition coefficient (Wildman–Crippen LogP) is 1.21. The van der Waals surface area contributed by atoms with Crippen LogP contribution in [0.2, 0.25) is 0 Å². The number of hydrogen-bond acceptors (Lipinski definition) is 3. The Morgan fingerprint density at radius 3 is 2.94 bits per heavy atom. The van der Waals surface area contributed by atoms with Gasteiger partial charge in [-0.1, -0.05) is 18.2 Å². The van der Waals surface area contributed by atoms with Gasteiger partial charge in [-0.15, -0.1) is 0 Å². The second kappa shape index (κ2) is 4.42. The van der Waals surface area contributed by atoms with Gasteiger partial charge in [-0.05, 0) is 17.2 Å². The Hall–Kier alpha value is -2.39. The van der Waals surface area contributed by atoms with Gasteiger partial charge in [0.25, 0.3) is 0 Å². The summed E-state index contributed by atoms with van der Waals surface area (Å²) in [4.78, 5) is 29.6. The molecule has 1 aromatic heterocycles. The van der Waals surface area contributed by atoms with E-state index in [1.807, 2.05) is 24.3 Å². The number of carbonyl (C=O) groups excluding carboxylic acids is 1. The Balaban J connectivity index is 2.35. The van der Waals surface area contributed by atoms with Crippen LogP contribution in [0.15, 0.2) is 40.2 Å². The summed E-state index contributed by atoms with van der Waals surface area (Å²) < 4.78 is 0. The first kappa shape index (κ1) is 10.1. The maximum absolute atomic E-state index is 10.9. The van der Waals surface area contributed by atoms with E-state index in [1.54, 1.807) is 6.20 Å². The minimum Gasteiger partial charge on any atom is -0.312 e. The first-order valence-electron chi connectivity index (χ1n) is 4.70. The first-order chi connectivity index (χ1) is 7.79. The highest BCUT2D eigenvalue weighted by atomic mass is 16.1. The predicted molar refractivity (Wildman–Crippen MR) is 58.7 cm³/mol. The number of aliphatic imine (C=N–C) groups is 1. The molecule has 0 bridgehead atoms. The quantitative estimate of drug-likeness (QED) is 0.596. The van der Waals surface area contributed by atoms with Gasteiger partial charge in [0.2, 0.25) is 6.08 Å². The molecule has 0 radical (unpaired) electrons. The molecule has 0 spiro atoms. The largest absolute Gasteiger partial charge is 0.323 e. The molecule has 0 amide bonds. The Morgan fingerprint density at radius 1 is 1.38 bits per heavy atom. The second-order valence-corrected chi connectivity index (χ2v) is 3.26. The summed E-state index contributed by atoms with van der Waals surface area (Å²) in [6, 6.07) is 7.43. The zero-order chi connectivity index (χ0) is 11.4. The summed E-state index contributed by atoms with van der Waals surface area (Å²) in [6.45, 7) is 0.298. The Morgan fingerprint density at radius 2 is 2.25 bits per heavy atom. The molecule has 2 N–H and O–H groups in total. The van der Waals surface area contributed by atoms with Crippen LogP contribution in [0, 0.1) is 0 Å². The lowest BCUT2D eigenvalue weighted by Crippen LogP contribution is -1.99. The number of aromatic nitrogens is 2. The highest BCUT2D eigenvalue weighted by Gasteiger charge is 2.00. The van der Waals surface area contributed by atoms with Gasteiger partial charge in [-0.3, -0.25) is 0 Å². The molecular weight excluding hydrogens is 206 g/mol. The van der Waals surface area contributed by atoms with Crippen molar-refractivity contribution >= 4 is 6.08 Å². The maximum atomic E-state index is 10.9. The molecular formula is C11H9N3O2. The van der Waals surface area contributed by atoms with Crippen LogP contribution in [0.5, 0.6) is 0 Å². The Kier molecular flexibility index (Phi) is 2.80. The number of imidazole rings is 1. The molecule has 80 valence electrons. The summed E-state index contributed by atoms with van der Waals surface area (Å²) >= 11 is 0. The minimum absolute atomic E-state index is 0.244. The van der Waals surface area contributed by atoms with Crippen molar-refractivity contribution in [1.82, 2.24) is 9.97 Å². The van der Waals surface area contributed by atoms with Crippen molar-refractivity contribution in [3.8, 4) is 11.3 Å². The monoisotopic (exact) mass is 215 g/mol. The summed E-state index contributed by atoms with van der Waals surface area (Å²) in [7, 11) is 0. The lowest BCUT2D eigenvalue weighted by atomic mass is 10.1. The summed E-state index contributed by atoms with van der Waals surface area (Å²) in [5.41, 5.74) is 2.23. The van der Waals surface area contributed by atoms with Crippen LogP contribution in [-0.2, 0) is 11.3 Å². The minimum atomic E-state index is -0.244. The SMILES string of the molecule is O=C=NCc1cccc(-c2c[nH]c(=O)[nH]2)c1. The first-order valence-corrected chi connectivity index (χ1v) is 4.70. The van der Waals surface area contributed by atoms with E-state index >= 15 is 0 Å². The number of benzene rings is 1. The third-order valence-corrected chi connectivity index (χ3v) is 2.16. The van der Waals surface area contributed by atoms with E-state index in [-0.39, 0.29) is 5.69 Å². The smallest absolute Gasteiger partial charge is 0.312 e. The van der Waals surface area contributed by atoms with Crippen LogP contribution < -0.4 is 5.69 Å². The molecule has 0 aliphatic carbocycles. The van der Waals surface area contributed by atoms with E-state index in [4.69, 9.17) is 0 Å². The van der Waals surface area contributed by atoms with Gasteiger partial charge < -0.3 is 9.97 Å². The van der Waals surface area contributed by atoms with Crippen molar-refractivity contribution in [1.29, 1.82) is 0 Å². The number of rotatable bonds is 3. The number of nitrogens with one attached hydrogen (secondary N) is 2. The molecule has 0 unspecified atom stereocenters. The van der Waals surface area contributed by atoms with Crippen molar-refractivity contribution in [2.75, 3.05) is 0 Å².